The number of amides is 1. The van der Waals surface area contributed by atoms with Gasteiger partial charge in [-0.1, -0.05) is 12.2 Å². The Morgan fingerprint density at radius 3 is 2.53 bits per heavy atom. The first-order valence-electron chi connectivity index (χ1n) is 6.31. The lowest BCUT2D eigenvalue weighted by molar-refractivity contribution is 0.0615. The van der Waals surface area contributed by atoms with Gasteiger partial charge in [0.05, 0.1) is 11.0 Å². The molecule has 0 saturated carbocycles. The number of carbonyl (C=O) groups is 1. The van der Waals surface area contributed by atoms with Crippen LogP contribution in [0.2, 0.25) is 0 Å². The summed E-state index contributed by atoms with van der Waals surface area (Å²) in [7, 11) is 1.80. The quantitative estimate of drug-likeness (QED) is 0.781. The smallest absolute Gasteiger partial charge is 0.274 e. The molecule has 2 heterocycles. The maximum absolute atomic E-state index is 12.2. The molecule has 1 saturated heterocycles. The molecule has 104 valence electrons. The van der Waals surface area contributed by atoms with E-state index in [4.69, 9.17) is 18.0 Å². The van der Waals surface area contributed by atoms with E-state index in [-0.39, 0.29) is 11.9 Å². The maximum atomic E-state index is 12.2. The summed E-state index contributed by atoms with van der Waals surface area (Å²) in [5.41, 5.74) is 6.15. The fourth-order valence-corrected chi connectivity index (χ4v) is 2.33. The first-order valence-corrected chi connectivity index (χ1v) is 6.72. The van der Waals surface area contributed by atoms with Gasteiger partial charge in [0.25, 0.3) is 5.91 Å². The van der Waals surface area contributed by atoms with Gasteiger partial charge in [-0.25, -0.2) is 0 Å². The topological polar surface area (TPSA) is 67.4 Å². The van der Waals surface area contributed by atoms with E-state index >= 15 is 0 Å². The van der Waals surface area contributed by atoms with Crippen molar-refractivity contribution in [2.75, 3.05) is 26.2 Å². The van der Waals surface area contributed by atoms with Crippen molar-refractivity contribution in [3.05, 3.63) is 18.0 Å². The average Bonchev–Trinajstić information content (AvgIpc) is 2.84. The Bertz CT molecular complexity index is 478. The molecule has 7 heteroatoms. The van der Waals surface area contributed by atoms with E-state index in [9.17, 15) is 4.79 Å². The standard InChI is InChI=1S/C12H19N5OS/c1-9(11(13)19)16-5-7-17(8-6-16)12(18)10-3-4-15(2)14-10/h3-4,9H,5-8H2,1-2H3,(H2,13,19). The highest BCUT2D eigenvalue weighted by Crippen LogP contribution is 2.09. The molecule has 1 atom stereocenters. The zero-order valence-corrected chi connectivity index (χ0v) is 12.1. The lowest BCUT2D eigenvalue weighted by Crippen LogP contribution is -2.54. The van der Waals surface area contributed by atoms with Crippen LogP contribution in [0.4, 0.5) is 0 Å². The number of aryl methyl sites for hydroxylation is 1. The second kappa shape index (κ2) is 5.66. The van der Waals surface area contributed by atoms with Gasteiger partial charge in [-0.15, -0.1) is 0 Å². The minimum absolute atomic E-state index is 0.0109. The molecule has 0 aromatic carbocycles. The van der Waals surface area contributed by atoms with Crippen molar-refractivity contribution in [1.82, 2.24) is 19.6 Å². The molecule has 2 N–H and O–H groups in total. The number of hydrogen-bond acceptors (Lipinski definition) is 4. The molecule has 1 aromatic rings. The van der Waals surface area contributed by atoms with Crippen molar-refractivity contribution in [2.45, 2.75) is 13.0 Å². The third-order valence-corrected chi connectivity index (χ3v) is 3.83. The normalized spacial score (nSPS) is 18.3. The van der Waals surface area contributed by atoms with Gasteiger partial charge in [-0.2, -0.15) is 5.10 Å². The number of thiocarbonyl (C=S) groups is 1. The van der Waals surface area contributed by atoms with Crippen LogP contribution in [0.3, 0.4) is 0 Å². The Kier molecular flexibility index (Phi) is 4.16. The van der Waals surface area contributed by atoms with Crippen LogP contribution in [0.5, 0.6) is 0 Å². The highest BCUT2D eigenvalue weighted by Gasteiger charge is 2.26. The highest BCUT2D eigenvalue weighted by atomic mass is 32.1. The van der Waals surface area contributed by atoms with E-state index < -0.39 is 0 Å². The number of carbonyl (C=O) groups excluding carboxylic acids is 1. The lowest BCUT2D eigenvalue weighted by Gasteiger charge is -2.37. The number of rotatable bonds is 3. The van der Waals surface area contributed by atoms with Crippen LogP contribution in [0.15, 0.2) is 12.3 Å². The largest absolute Gasteiger partial charge is 0.392 e. The van der Waals surface area contributed by atoms with Crippen molar-refractivity contribution in [3.63, 3.8) is 0 Å². The molecule has 2 rings (SSSR count). The van der Waals surface area contributed by atoms with Gasteiger partial charge in [0.15, 0.2) is 0 Å². The summed E-state index contributed by atoms with van der Waals surface area (Å²) >= 11 is 5.00. The summed E-state index contributed by atoms with van der Waals surface area (Å²) in [6.45, 7) is 4.94. The van der Waals surface area contributed by atoms with Gasteiger partial charge in [-0.05, 0) is 13.0 Å². The SMILES string of the molecule is CC(C(N)=S)N1CCN(C(=O)c2ccn(C)n2)CC1. The third kappa shape index (κ3) is 3.10. The molecule has 0 radical (unpaired) electrons. The highest BCUT2D eigenvalue weighted by molar-refractivity contribution is 7.80. The molecule has 1 aromatic heterocycles. The van der Waals surface area contributed by atoms with Crippen molar-refractivity contribution in [1.29, 1.82) is 0 Å². The second-order valence-corrected chi connectivity index (χ2v) is 5.25. The molecule has 19 heavy (non-hydrogen) atoms. The van der Waals surface area contributed by atoms with Gasteiger partial charge in [0.2, 0.25) is 0 Å². The van der Waals surface area contributed by atoms with Crippen LogP contribution in [-0.2, 0) is 7.05 Å². The first kappa shape index (κ1) is 14.0. The molecule has 1 amide bonds. The predicted octanol–water partition coefficient (Wildman–Crippen LogP) is -0.148. The van der Waals surface area contributed by atoms with Crippen molar-refractivity contribution >= 4 is 23.1 Å². The van der Waals surface area contributed by atoms with E-state index in [2.05, 4.69) is 10.00 Å². The summed E-state index contributed by atoms with van der Waals surface area (Å²) < 4.78 is 1.64. The lowest BCUT2D eigenvalue weighted by atomic mass is 10.2. The van der Waals surface area contributed by atoms with Crippen LogP contribution < -0.4 is 5.73 Å². The number of hydrogen-bond donors (Lipinski definition) is 1. The van der Waals surface area contributed by atoms with E-state index in [0.717, 1.165) is 13.1 Å². The van der Waals surface area contributed by atoms with Crippen LogP contribution in [0, 0.1) is 0 Å². The molecule has 1 fully saturated rings. The van der Waals surface area contributed by atoms with Gasteiger partial charge >= 0.3 is 0 Å². The summed E-state index contributed by atoms with van der Waals surface area (Å²) in [5.74, 6) is -0.0109. The minimum Gasteiger partial charge on any atom is -0.392 e. The molecule has 1 aliphatic rings. The fourth-order valence-electron chi connectivity index (χ4n) is 2.18. The molecule has 0 spiro atoms. The summed E-state index contributed by atoms with van der Waals surface area (Å²) in [6.07, 6.45) is 1.78. The van der Waals surface area contributed by atoms with Crippen molar-refractivity contribution < 1.29 is 4.79 Å². The molecule has 1 unspecified atom stereocenters. The summed E-state index contributed by atoms with van der Waals surface area (Å²) in [6, 6.07) is 1.83. The van der Waals surface area contributed by atoms with Crippen LogP contribution in [0.1, 0.15) is 17.4 Å². The molecule has 6 nitrogen and oxygen atoms in total. The summed E-state index contributed by atoms with van der Waals surface area (Å²) in [4.78, 5) is 16.7. The molecular weight excluding hydrogens is 262 g/mol. The second-order valence-electron chi connectivity index (χ2n) is 4.78. The molecule has 1 aliphatic heterocycles. The van der Waals surface area contributed by atoms with E-state index in [0.29, 0.717) is 23.8 Å². The molecule has 0 bridgehead atoms. The maximum Gasteiger partial charge on any atom is 0.274 e. The first-order chi connectivity index (χ1) is 8.99. The third-order valence-electron chi connectivity index (χ3n) is 3.49. The minimum atomic E-state index is -0.0109. The van der Waals surface area contributed by atoms with Crippen molar-refractivity contribution in [3.8, 4) is 0 Å². The number of aromatic nitrogens is 2. The Hall–Kier alpha value is -1.47. The average molecular weight is 281 g/mol. The van der Waals surface area contributed by atoms with E-state index in [1.807, 2.05) is 11.8 Å². The number of nitrogens with zero attached hydrogens (tertiary/aromatic N) is 4. The number of piperazine rings is 1. The van der Waals surface area contributed by atoms with Gasteiger partial charge in [0.1, 0.15) is 5.69 Å². The van der Waals surface area contributed by atoms with Crippen molar-refractivity contribution in [2.24, 2.45) is 12.8 Å². The van der Waals surface area contributed by atoms with Gasteiger partial charge in [0, 0.05) is 39.4 Å². The van der Waals surface area contributed by atoms with Crippen LogP contribution in [0.25, 0.3) is 0 Å². The fraction of sp³-hybridized carbons (Fsp3) is 0.583. The summed E-state index contributed by atoms with van der Waals surface area (Å²) in [5, 5.41) is 4.14. The van der Waals surface area contributed by atoms with Crippen LogP contribution >= 0.6 is 12.2 Å². The number of nitrogens with two attached hydrogens (primary N) is 1. The van der Waals surface area contributed by atoms with E-state index in [1.54, 1.807) is 24.0 Å². The van der Waals surface area contributed by atoms with E-state index in [1.165, 1.54) is 0 Å². The zero-order chi connectivity index (χ0) is 14.0. The van der Waals surface area contributed by atoms with Gasteiger partial charge in [-0.3, -0.25) is 14.4 Å². The Morgan fingerprint density at radius 2 is 2.05 bits per heavy atom. The Morgan fingerprint density at radius 1 is 1.42 bits per heavy atom. The zero-order valence-electron chi connectivity index (χ0n) is 11.2. The molecular formula is C12H19N5OS. The van der Waals surface area contributed by atoms with Crippen LogP contribution in [-0.4, -0.2) is 62.7 Å². The Balaban J connectivity index is 1.93. The Labute approximate surface area is 118 Å². The monoisotopic (exact) mass is 281 g/mol. The molecule has 0 aliphatic carbocycles. The van der Waals surface area contributed by atoms with Gasteiger partial charge < -0.3 is 10.6 Å². The predicted molar refractivity (Wildman–Crippen MR) is 76.9 cm³/mol.